The van der Waals surface area contributed by atoms with Crippen LogP contribution in [0, 0.1) is 5.92 Å². The first-order valence-electron chi connectivity index (χ1n) is 8.87. The van der Waals surface area contributed by atoms with E-state index in [-0.39, 0.29) is 18.4 Å². The van der Waals surface area contributed by atoms with Crippen LogP contribution in [0.4, 0.5) is 0 Å². The highest BCUT2D eigenvalue weighted by Crippen LogP contribution is 2.25. The second-order valence-corrected chi connectivity index (χ2v) is 8.05. The number of benzene rings is 2. The Kier molecular flexibility index (Phi) is 7.18. The number of amides is 2. The van der Waals surface area contributed by atoms with Crippen molar-refractivity contribution in [1.29, 1.82) is 0 Å². The standard InChI is InChI=1S/C20H20Cl3N3O2/c21-16-4-2-15(3-5-16)20(28)25-9-19(27)24-8-14-11-26(12-14)10-13-1-6-17(22)18(23)7-13/h1-7,14H,8-12H2,(H,24,27)(H,25,28). The summed E-state index contributed by atoms with van der Waals surface area (Å²) in [5.74, 6) is -0.104. The average molecular weight is 441 g/mol. The van der Waals surface area contributed by atoms with Gasteiger partial charge in [-0.2, -0.15) is 0 Å². The lowest BCUT2D eigenvalue weighted by molar-refractivity contribution is -0.120. The molecule has 1 aliphatic rings. The Morgan fingerprint density at radius 1 is 0.964 bits per heavy atom. The summed E-state index contributed by atoms with van der Waals surface area (Å²) in [6.07, 6.45) is 0. The fourth-order valence-electron chi connectivity index (χ4n) is 3.02. The summed E-state index contributed by atoms with van der Waals surface area (Å²) < 4.78 is 0. The normalized spacial score (nSPS) is 14.4. The molecule has 0 aliphatic carbocycles. The van der Waals surface area contributed by atoms with Crippen LogP contribution in [0.2, 0.25) is 15.1 Å². The fraction of sp³-hybridized carbons (Fsp3) is 0.300. The molecule has 28 heavy (non-hydrogen) atoms. The maximum absolute atomic E-state index is 12.0. The molecule has 1 aliphatic heterocycles. The van der Waals surface area contributed by atoms with Crippen molar-refractivity contribution >= 4 is 46.6 Å². The Balaban J connectivity index is 1.32. The topological polar surface area (TPSA) is 61.4 Å². The maximum atomic E-state index is 12.0. The second-order valence-electron chi connectivity index (χ2n) is 6.80. The lowest BCUT2D eigenvalue weighted by atomic mass is 9.99. The van der Waals surface area contributed by atoms with Gasteiger partial charge >= 0.3 is 0 Å². The zero-order valence-electron chi connectivity index (χ0n) is 15.1. The number of hydrogen-bond donors (Lipinski definition) is 2. The molecule has 0 unspecified atom stereocenters. The molecule has 2 aromatic rings. The van der Waals surface area contributed by atoms with Gasteiger partial charge in [-0.25, -0.2) is 0 Å². The first kappa shape index (κ1) is 20.9. The van der Waals surface area contributed by atoms with Gasteiger partial charge in [0.25, 0.3) is 5.91 Å². The van der Waals surface area contributed by atoms with Gasteiger partial charge in [0.05, 0.1) is 16.6 Å². The third kappa shape index (κ3) is 5.85. The van der Waals surface area contributed by atoms with E-state index in [4.69, 9.17) is 34.8 Å². The van der Waals surface area contributed by atoms with E-state index in [9.17, 15) is 9.59 Å². The highest BCUT2D eigenvalue weighted by molar-refractivity contribution is 6.42. The van der Waals surface area contributed by atoms with E-state index in [0.29, 0.717) is 33.1 Å². The Labute approximate surface area is 178 Å². The summed E-state index contributed by atoms with van der Waals surface area (Å²) >= 11 is 17.8. The molecule has 2 amide bonds. The van der Waals surface area contributed by atoms with Crippen LogP contribution in [0.25, 0.3) is 0 Å². The van der Waals surface area contributed by atoms with E-state index in [1.807, 2.05) is 12.1 Å². The van der Waals surface area contributed by atoms with Crippen molar-refractivity contribution in [3.05, 3.63) is 68.7 Å². The Morgan fingerprint density at radius 3 is 2.36 bits per heavy atom. The third-order valence-electron chi connectivity index (χ3n) is 4.53. The van der Waals surface area contributed by atoms with Gasteiger partial charge in [-0.15, -0.1) is 0 Å². The summed E-state index contributed by atoms with van der Waals surface area (Å²) in [6.45, 7) is 3.14. The van der Waals surface area contributed by atoms with E-state index in [1.54, 1.807) is 30.3 Å². The minimum Gasteiger partial charge on any atom is -0.354 e. The Morgan fingerprint density at radius 2 is 1.68 bits per heavy atom. The monoisotopic (exact) mass is 439 g/mol. The lowest BCUT2D eigenvalue weighted by Gasteiger charge is -2.39. The average Bonchev–Trinajstić information content (AvgIpc) is 2.64. The summed E-state index contributed by atoms with van der Waals surface area (Å²) in [6, 6.07) is 12.1. The van der Waals surface area contributed by atoms with Crippen molar-refractivity contribution in [3.63, 3.8) is 0 Å². The molecule has 0 atom stereocenters. The van der Waals surface area contributed by atoms with Crippen molar-refractivity contribution in [2.45, 2.75) is 6.54 Å². The summed E-state index contributed by atoms with van der Waals surface area (Å²) in [5, 5.41) is 7.13. The number of halogens is 3. The van der Waals surface area contributed by atoms with Crippen molar-refractivity contribution in [2.75, 3.05) is 26.2 Å². The van der Waals surface area contributed by atoms with Gasteiger partial charge in [-0.05, 0) is 42.0 Å². The first-order valence-corrected chi connectivity index (χ1v) is 10.0. The number of rotatable bonds is 7. The molecule has 1 fully saturated rings. The van der Waals surface area contributed by atoms with Gasteiger partial charge in [-0.1, -0.05) is 40.9 Å². The molecule has 2 N–H and O–H groups in total. The predicted molar refractivity (Wildman–Crippen MR) is 112 cm³/mol. The predicted octanol–water partition coefficient (Wildman–Crippen LogP) is 3.62. The zero-order valence-corrected chi connectivity index (χ0v) is 17.3. The van der Waals surface area contributed by atoms with E-state index < -0.39 is 0 Å². The van der Waals surface area contributed by atoms with Gasteiger partial charge in [0.15, 0.2) is 0 Å². The molecule has 8 heteroatoms. The van der Waals surface area contributed by atoms with Gasteiger partial charge in [-0.3, -0.25) is 14.5 Å². The molecule has 5 nitrogen and oxygen atoms in total. The molecule has 0 saturated carbocycles. The van der Waals surface area contributed by atoms with Crippen LogP contribution in [-0.2, 0) is 11.3 Å². The third-order valence-corrected chi connectivity index (χ3v) is 5.52. The van der Waals surface area contributed by atoms with Crippen molar-refractivity contribution in [2.24, 2.45) is 5.92 Å². The smallest absolute Gasteiger partial charge is 0.251 e. The van der Waals surface area contributed by atoms with Crippen molar-refractivity contribution in [1.82, 2.24) is 15.5 Å². The molecule has 1 saturated heterocycles. The fourth-order valence-corrected chi connectivity index (χ4v) is 3.46. The van der Waals surface area contributed by atoms with Gasteiger partial charge in [0, 0.05) is 42.7 Å². The number of hydrogen-bond acceptors (Lipinski definition) is 3. The molecular formula is C20H20Cl3N3O2. The summed E-state index contributed by atoms with van der Waals surface area (Å²) in [5.41, 5.74) is 1.58. The van der Waals surface area contributed by atoms with E-state index in [1.165, 1.54) is 0 Å². The number of carbonyl (C=O) groups is 2. The van der Waals surface area contributed by atoms with E-state index >= 15 is 0 Å². The summed E-state index contributed by atoms with van der Waals surface area (Å²) in [7, 11) is 0. The van der Waals surface area contributed by atoms with Crippen LogP contribution in [0.5, 0.6) is 0 Å². The second kappa shape index (κ2) is 9.61. The maximum Gasteiger partial charge on any atom is 0.251 e. The van der Waals surface area contributed by atoms with Crippen LogP contribution < -0.4 is 10.6 Å². The molecule has 0 aromatic heterocycles. The molecule has 148 valence electrons. The van der Waals surface area contributed by atoms with Crippen molar-refractivity contribution in [3.8, 4) is 0 Å². The van der Waals surface area contributed by atoms with Gasteiger partial charge < -0.3 is 10.6 Å². The van der Waals surface area contributed by atoms with Crippen LogP contribution in [0.3, 0.4) is 0 Å². The number of nitrogens with one attached hydrogen (secondary N) is 2. The SMILES string of the molecule is O=C(CNC(=O)c1ccc(Cl)cc1)NCC1CN(Cc2ccc(Cl)c(Cl)c2)C1. The lowest BCUT2D eigenvalue weighted by Crippen LogP contribution is -2.51. The Hall–Kier alpha value is -1.79. The van der Waals surface area contributed by atoms with E-state index in [0.717, 1.165) is 25.2 Å². The van der Waals surface area contributed by atoms with Crippen LogP contribution >= 0.6 is 34.8 Å². The molecule has 2 aromatic carbocycles. The number of carbonyl (C=O) groups excluding carboxylic acids is 2. The largest absolute Gasteiger partial charge is 0.354 e. The first-order chi connectivity index (χ1) is 13.4. The summed E-state index contributed by atoms with van der Waals surface area (Å²) in [4.78, 5) is 26.2. The van der Waals surface area contributed by atoms with Gasteiger partial charge in [0.2, 0.25) is 5.91 Å². The van der Waals surface area contributed by atoms with E-state index in [2.05, 4.69) is 15.5 Å². The Bertz CT molecular complexity index is 852. The molecule has 3 rings (SSSR count). The van der Waals surface area contributed by atoms with Crippen molar-refractivity contribution < 1.29 is 9.59 Å². The highest BCUT2D eigenvalue weighted by atomic mass is 35.5. The molecule has 1 heterocycles. The number of likely N-dealkylation sites (tertiary alicyclic amines) is 1. The molecule has 0 bridgehead atoms. The molecular weight excluding hydrogens is 421 g/mol. The molecule has 0 spiro atoms. The van der Waals surface area contributed by atoms with Gasteiger partial charge in [0.1, 0.15) is 0 Å². The molecule has 0 radical (unpaired) electrons. The van der Waals surface area contributed by atoms with Crippen LogP contribution in [0.1, 0.15) is 15.9 Å². The number of nitrogens with zero attached hydrogens (tertiary/aromatic N) is 1. The zero-order chi connectivity index (χ0) is 20.1. The van der Waals surface area contributed by atoms with Crippen LogP contribution in [-0.4, -0.2) is 42.9 Å². The minimum atomic E-state index is -0.303. The minimum absolute atomic E-state index is 0.0544. The quantitative estimate of drug-likeness (QED) is 0.691. The van der Waals surface area contributed by atoms with Crippen LogP contribution in [0.15, 0.2) is 42.5 Å². The highest BCUT2D eigenvalue weighted by Gasteiger charge is 2.26.